The van der Waals surface area contributed by atoms with Gasteiger partial charge in [-0.15, -0.1) is 0 Å². The van der Waals surface area contributed by atoms with E-state index in [-0.39, 0.29) is 5.01 Å². The van der Waals surface area contributed by atoms with Crippen molar-refractivity contribution in [1.82, 2.24) is 9.07 Å². The lowest BCUT2D eigenvalue weighted by atomic mass is 10.4. The van der Waals surface area contributed by atoms with E-state index in [4.69, 9.17) is 28.1 Å². The third-order valence-corrected chi connectivity index (χ3v) is 2.76. The highest BCUT2D eigenvalue weighted by Crippen LogP contribution is 2.16. The molecule has 0 aromatic carbocycles. The zero-order valence-corrected chi connectivity index (χ0v) is 9.40. The number of imidazole rings is 1. The lowest BCUT2D eigenvalue weighted by Crippen LogP contribution is -2.07. The van der Waals surface area contributed by atoms with Crippen LogP contribution in [0.3, 0.4) is 0 Å². The van der Waals surface area contributed by atoms with Crippen molar-refractivity contribution in [2.45, 2.75) is 11.4 Å². The molecule has 0 aliphatic heterocycles. The van der Waals surface area contributed by atoms with E-state index in [1.807, 2.05) is 0 Å². The molecule has 0 saturated heterocycles. The Morgan fingerprint density at radius 1 is 1.83 bits per heavy atom. The zero-order valence-electron chi connectivity index (χ0n) is 6.30. The second kappa shape index (κ2) is 4.46. The molecule has 1 unspecified atom stereocenters. The van der Waals surface area contributed by atoms with Crippen LogP contribution in [0.2, 0.25) is 5.15 Å². The minimum atomic E-state index is -0.0894. The second-order valence-electron chi connectivity index (χ2n) is 2.13. The number of ether oxygens (including phenoxy) is 1. The van der Waals surface area contributed by atoms with Gasteiger partial charge in [-0.2, -0.15) is 0 Å². The summed E-state index contributed by atoms with van der Waals surface area (Å²) in [5.74, 6) is 0.672. The third kappa shape index (κ3) is 2.36. The molecule has 0 aliphatic rings. The first-order valence-electron chi connectivity index (χ1n) is 3.20. The predicted molar refractivity (Wildman–Crippen MR) is 51.9 cm³/mol. The van der Waals surface area contributed by atoms with Gasteiger partial charge in [0.15, 0.2) is 0 Å². The molecule has 0 spiro atoms. The predicted octanol–water partition coefficient (Wildman–Crippen LogP) is 2.45. The van der Waals surface area contributed by atoms with E-state index in [0.717, 1.165) is 0 Å². The summed E-state index contributed by atoms with van der Waals surface area (Å²) < 4.78 is 6.28. The minimum absolute atomic E-state index is 0.0894. The Bertz CT molecular complexity index is 266. The Morgan fingerprint density at radius 2 is 2.50 bits per heavy atom. The topological polar surface area (TPSA) is 27.1 Å². The Labute approximate surface area is 88.9 Å². The number of rotatable bonds is 3. The van der Waals surface area contributed by atoms with Gasteiger partial charge >= 0.3 is 0 Å². The van der Waals surface area contributed by atoms with Crippen LogP contribution in [-0.4, -0.2) is 21.2 Å². The maximum absolute atomic E-state index is 5.76. The number of hydrogen-bond donors (Lipinski definition) is 0. The molecule has 1 atom stereocenters. The van der Waals surface area contributed by atoms with Gasteiger partial charge in [-0.3, -0.25) is 0 Å². The van der Waals surface area contributed by atoms with Crippen LogP contribution < -0.4 is 0 Å². The molecule has 68 valence electrons. The van der Waals surface area contributed by atoms with E-state index >= 15 is 0 Å². The molecule has 0 fully saturated rings. The van der Waals surface area contributed by atoms with Gasteiger partial charge in [0, 0.05) is 25.3 Å². The highest BCUT2D eigenvalue weighted by atomic mass is 79.9. The van der Waals surface area contributed by atoms with Crippen molar-refractivity contribution in [3.63, 3.8) is 0 Å². The fraction of sp³-hybridized carbons (Fsp3) is 0.500. The molecule has 0 amide bonds. The summed E-state index contributed by atoms with van der Waals surface area (Å²) in [6, 6.07) is 0. The van der Waals surface area contributed by atoms with Crippen LogP contribution in [0.1, 0.15) is 5.82 Å². The van der Waals surface area contributed by atoms with Gasteiger partial charge in [0.1, 0.15) is 16.0 Å². The zero-order chi connectivity index (χ0) is 9.14. The van der Waals surface area contributed by atoms with Crippen LogP contribution in [0.25, 0.3) is 0 Å². The molecule has 0 aliphatic carbocycles. The Kier molecular flexibility index (Phi) is 3.83. The second-order valence-corrected chi connectivity index (χ2v) is 3.87. The molecule has 0 saturated carbocycles. The third-order valence-electron chi connectivity index (χ3n) is 1.33. The largest absolute Gasteiger partial charge is 0.370 e. The van der Waals surface area contributed by atoms with Gasteiger partial charge in [-0.1, -0.05) is 27.5 Å². The summed E-state index contributed by atoms with van der Waals surface area (Å²) in [6.07, 6.45) is 2.08. The van der Waals surface area contributed by atoms with Gasteiger partial charge in [-0.25, -0.2) is 9.07 Å². The van der Waals surface area contributed by atoms with Gasteiger partial charge < -0.3 is 4.74 Å². The molecule has 6 heteroatoms. The molecule has 0 N–H and O–H groups in total. The fourth-order valence-electron chi connectivity index (χ4n) is 0.712. The summed E-state index contributed by atoms with van der Waals surface area (Å²) >= 11 is 14.7. The quantitative estimate of drug-likeness (QED) is 0.791. The summed E-state index contributed by atoms with van der Waals surface area (Å²) in [5.41, 5.74) is 0. The average Bonchev–Trinajstić information content (AvgIpc) is 2.36. The van der Waals surface area contributed by atoms with E-state index in [1.54, 1.807) is 7.11 Å². The molecule has 12 heavy (non-hydrogen) atoms. The van der Waals surface area contributed by atoms with Gasteiger partial charge in [0.2, 0.25) is 0 Å². The minimum Gasteiger partial charge on any atom is -0.370 e. The summed E-state index contributed by atoms with van der Waals surface area (Å²) in [7, 11) is 1.60. The molecule has 0 radical (unpaired) electrons. The summed E-state index contributed by atoms with van der Waals surface area (Å²) in [5, 5.41) is 0.316. The molecule has 1 heterocycles. The lowest BCUT2D eigenvalue weighted by molar-refractivity contribution is 0.177. The maximum Gasteiger partial charge on any atom is 0.144 e. The molecule has 3 nitrogen and oxygen atoms in total. The Morgan fingerprint density at radius 3 is 2.92 bits per heavy atom. The first kappa shape index (κ1) is 10.3. The van der Waals surface area contributed by atoms with Crippen LogP contribution >= 0.6 is 39.3 Å². The maximum atomic E-state index is 5.76. The number of nitrogens with zero attached hydrogens (tertiary/aromatic N) is 2. The van der Waals surface area contributed by atoms with Crippen molar-refractivity contribution in [2.24, 2.45) is 0 Å². The smallest absolute Gasteiger partial charge is 0.144 e. The van der Waals surface area contributed by atoms with Crippen molar-refractivity contribution in [3.8, 4) is 0 Å². The standard InChI is InChI=1S/C6H7BrCl2N2O/c1-12-4(7)2-6-10-3-5(8)11(6)9/h3-4H,2H2,1H3. The van der Waals surface area contributed by atoms with Crippen molar-refractivity contribution < 1.29 is 4.74 Å². The normalized spacial score (nSPS) is 13.3. The van der Waals surface area contributed by atoms with Crippen molar-refractivity contribution in [3.05, 3.63) is 17.2 Å². The fourth-order valence-corrected chi connectivity index (χ4v) is 1.30. The van der Waals surface area contributed by atoms with E-state index in [0.29, 0.717) is 17.4 Å². The van der Waals surface area contributed by atoms with Crippen molar-refractivity contribution in [1.29, 1.82) is 0 Å². The first-order valence-corrected chi connectivity index (χ1v) is 4.83. The van der Waals surface area contributed by atoms with Crippen LogP contribution in [-0.2, 0) is 11.2 Å². The van der Waals surface area contributed by atoms with Crippen LogP contribution in [0.4, 0.5) is 0 Å². The number of methoxy groups -OCH3 is 1. The number of halogens is 3. The van der Waals surface area contributed by atoms with Gasteiger partial charge in [0.25, 0.3) is 0 Å². The lowest BCUT2D eigenvalue weighted by Gasteiger charge is -2.05. The number of hydrogen-bond acceptors (Lipinski definition) is 2. The SMILES string of the molecule is COC(Br)Cc1ncc(Cl)n1Cl. The van der Waals surface area contributed by atoms with Gasteiger partial charge in [0.05, 0.1) is 6.20 Å². The number of aromatic nitrogens is 2. The molecular formula is C6H7BrCl2N2O. The van der Waals surface area contributed by atoms with E-state index in [1.165, 1.54) is 10.3 Å². The van der Waals surface area contributed by atoms with Crippen LogP contribution in [0, 0.1) is 0 Å². The number of alkyl halides is 1. The summed E-state index contributed by atoms with van der Waals surface area (Å²) in [4.78, 5) is 3.99. The molecule has 0 bridgehead atoms. The van der Waals surface area contributed by atoms with E-state index < -0.39 is 0 Å². The monoisotopic (exact) mass is 272 g/mol. The molecular weight excluding hydrogens is 267 g/mol. The van der Waals surface area contributed by atoms with E-state index in [9.17, 15) is 0 Å². The van der Waals surface area contributed by atoms with Crippen LogP contribution in [0.15, 0.2) is 6.20 Å². The van der Waals surface area contributed by atoms with Crippen molar-refractivity contribution >= 4 is 39.3 Å². The van der Waals surface area contributed by atoms with E-state index in [2.05, 4.69) is 20.9 Å². The molecule has 1 aromatic rings. The summed E-state index contributed by atoms with van der Waals surface area (Å²) in [6.45, 7) is 0. The Hall–Kier alpha value is 0.230. The molecule has 1 rings (SSSR count). The first-order chi connectivity index (χ1) is 5.65. The average molecular weight is 274 g/mol. The van der Waals surface area contributed by atoms with Crippen molar-refractivity contribution in [2.75, 3.05) is 7.11 Å². The highest BCUT2D eigenvalue weighted by Gasteiger charge is 2.10. The highest BCUT2D eigenvalue weighted by molar-refractivity contribution is 9.09. The van der Waals surface area contributed by atoms with Crippen LogP contribution in [0.5, 0.6) is 0 Å². The molecule has 1 aromatic heterocycles. The Balaban J connectivity index is 2.69. The van der Waals surface area contributed by atoms with Gasteiger partial charge in [-0.05, 0) is 0 Å².